The zero-order valence-electron chi connectivity index (χ0n) is 27.0. The van der Waals surface area contributed by atoms with Crippen molar-refractivity contribution in [1.29, 1.82) is 0 Å². The van der Waals surface area contributed by atoms with E-state index >= 15 is 0 Å². The first-order chi connectivity index (χ1) is 22.7. The summed E-state index contributed by atoms with van der Waals surface area (Å²) in [6.07, 6.45) is 4.53. The van der Waals surface area contributed by atoms with E-state index in [4.69, 9.17) is 31.9 Å². The molecule has 0 heterocycles. The summed E-state index contributed by atoms with van der Waals surface area (Å²) in [4.78, 5) is 13.6. The number of hydrogen-bond acceptors (Lipinski definition) is 4. The molecule has 1 unspecified atom stereocenters. The summed E-state index contributed by atoms with van der Waals surface area (Å²) in [7, 11) is -1.26. The third-order valence-corrected chi connectivity index (χ3v) is 13.3. The standard InChI is InChI=1S/C40H38ClNO4Si/c1-6-27-45-38(29-21-24-31(41)25-22-29)39(43)42-35-20-14-13-19-34(35)30-23-26-36(37(28-30)44-5)46-47(40(2,3)4,32-15-9-7-10-16-32)33-17-11-8-12-18-33/h1,7-26,28,38H,27H2,2-5H3,(H,42,43). The molecule has 5 rings (SSSR count). The lowest BCUT2D eigenvalue weighted by molar-refractivity contribution is -0.126. The van der Waals surface area contributed by atoms with Gasteiger partial charge in [-0.2, -0.15) is 0 Å². The zero-order chi connectivity index (χ0) is 33.4. The Morgan fingerprint density at radius 3 is 2.00 bits per heavy atom. The molecule has 0 aromatic heterocycles. The second kappa shape index (κ2) is 14.7. The second-order valence-electron chi connectivity index (χ2n) is 12.1. The highest BCUT2D eigenvalue weighted by molar-refractivity contribution is 7.00. The minimum absolute atomic E-state index is 0.0215. The van der Waals surface area contributed by atoms with Crippen LogP contribution in [0.25, 0.3) is 11.1 Å². The average Bonchev–Trinajstić information content (AvgIpc) is 3.08. The monoisotopic (exact) mass is 659 g/mol. The number of halogens is 1. The van der Waals surface area contributed by atoms with E-state index in [9.17, 15) is 4.79 Å². The highest BCUT2D eigenvalue weighted by Crippen LogP contribution is 2.42. The average molecular weight is 660 g/mol. The van der Waals surface area contributed by atoms with Crippen molar-refractivity contribution in [3.63, 3.8) is 0 Å². The van der Waals surface area contributed by atoms with Gasteiger partial charge in [-0.05, 0) is 56.9 Å². The normalized spacial score (nSPS) is 12.1. The van der Waals surface area contributed by atoms with Crippen molar-refractivity contribution in [2.45, 2.75) is 31.9 Å². The van der Waals surface area contributed by atoms with Crippen LogP contribution in [0.4, 0.5) is 5.69 Å². The number of nitrogens with one attached hydrogen (secondary N) is 1. The number of ether oxygens (including phenoxy) is 2. The van der Waals surface area contributed by atoms with Crippen molar-refractivity contribution < 1.29 is 18.7 Å². The van der Waals surface area contributed by atoms with Crippen LogP contribution in [-0.4, -0.2) is 27.9 Å². The van der Waals surface area contributed by atoms with E-state index in [0.29, 0.717) is 27.8 Å². The van der Waals surface area contributed by atoms with E-state index in [1.54, 1.807) is 31.4 Å². The molecule has 5 aromatic rings. The molecule has 1 N–H and O–H groups in total. The molecular formula is C40H38ClNO4Si. The summed E-state index contributed by atoms with van der Waals surface area (Å²) in [5.41, 5.74) is 2.91. The van der Waals surface area contributed by atoms with Crippen molar-refractivity contribution in [3.8, 4) is 35.0 Å². The van der Waals surface area contributed by atoms with Crippen LogP contribution in [0.15, 0.2) is 127 Å². The molecule has 1 amide bonds. The van der Waals surface area contributed by atoms with E-state index in [1.807, 2.05) is 54.6 Å². The van der Waals surface area contributed by atoms with Gasteiger partial charge in [0.1, 0.15) is 12.4 Å². The maximum atomic E-state index is 13.6. The fraction of sp³-hybridized carbons (Fsp3) is 0.175. The van der Waals surface area contributed by atoms with Crippen molar-refractivity contribution in [3.05, 3.63) is 138 Å². The molecule has 0 aliphatic rings. The minimum atomic E-state index is -2.90. The van der Waals surface area contributed by atoms with Crippen LogP contribution in [-0.2, 0) is 9.53 Å². The van der Waals surface area contributed by atoms with Crippen LogP contribution >= 0.6 is 11.6 Å². The van der Waals surface area contributed by atoms with Gasteiger partial charge in [-0.15, -0.1) is 6.42 Å². The van der Waals surface area contributed by atoms with E-state index in [-0.39, 0.29) is 17.6 Å². The zero-order valence-corrected chi connectivity index (χ0v) is 28.8. The highest BCUT2D eigenvalue weighted by atomic mass is 35.5. The van der Waals surface area contributed by atoms with Crippen LogP contribution in [0.3, 0.4) is 0 Å². The molecule has 0 radical (unpaired) electrons. The van der Waals surface area contributed by atoms with Crippen molar-refractivity contribution in [2.24, 2.45) is 0 Å². The molecule has 5 aromatic carbocycles. The largest absolute Gasteiger partial charge is 0.531 e. The Morgan fingerprint density at radius 2 is 1.43 bits per heavy atom. The first-order valence-electron chi connectivity index (χ1n) is 15.4. The molecule has 1 atom stereocenters. The van der Waals surface area contributed by atoms with Gasteiger partial charge in [-0.3, -0.25) is 4.79 Å². The fourth-order valence-corrected chi connectivity index (χ4v) is 10.4. The number of rotatable bonds is 11. The van der Waals surface area contributed by atoms with Crippen LogP contribution in [0, 0.1) is 12.3 Å². The molecule has 7 heteroatoms. The van der Waals surface area contributed by atoms with E-state index in [2.05, 4.69) is 80.5 Å². The highest BCUT2D eigenvalue weighted by Gasteiger charge is 2.52. The number of benzene rings is 5. The number of terminal acetylenes is 1. The van der Waals surface area contributed by atoms with E-state index in [1.165, 1.54) is 10.4 Å². The van der Waals surface area contributed by atoms with E-state index in [0.717, 1.165) is 11.1 Å². The molecule has 0 spiro atoms. The van der Waals surface area contributed by atoms with Gasteiger partial charge in [0.25, 0.3) is 5.91 Å². The smallest absolute Gasteiger partial charge is 0.320 e. The number of amides is 1. The second-order valence-corrected chi connectivity index (χ2v) is 16.8. The molecule has 47 heavy (non-hydrogen) atoms. The summed E-state index contributed by atoms with van der Waals surface area (Å²) >= 11 is 6.08. The van der Waals surface area contributed by atoms with E-state index < -0.39 is 14.4 Å². The summed E-state index contributed by atoms with van der Waals surface area (Å²) < 4.78 is 19.0. The lowest BCUT2D eigenvalue weighted by Gasteiger charge is -2.43. The summed E-state index contributed by atoms with van der Waals surface area (Å²) in [5, 5.41) is 5.73. The molecule has 0 saturated heterocycles. The van der Waals surface area contributed by atoms with Gasteiger partial charge in [0.2, 0.25) is 0 Å². The van der Waals surface area contributed by atoms with Crippen LogP contribution < -0.4 is 24.9 Å². The Labute approximate surface area is 283 Å². The van der Waals surface area contributed by atoms with Gasteiger partial charge >= 0.3 is 8.32 Å². The van der Waals surface area contributed by atoms with Gasteiger partial charge < -0.3 is 19.2 Å². The number of carbonyl (C=O) groups excluding carboxylic acids is 1. The fourth-order valence-electron chi connectivity index (χ4n) is 5.87. The molecule has 0 bridgehead atoms. The van der Waals surface area contributed by atoms with Gasteiger partial charge in [0, 0.05) is 16.3 Å². The Hall–Kier alpha value is -4.80. The van der Waals surface area contributed by atoms with Gasteiger partial charge in [-0.1, -0.05) is 135 Å². The minimum Gasteiger partial charge on any atom is -0.531 e. The maximum Gasteiger partial charge on any atom is 0.320 e. The lowest BCUT2D eigenvalue weighted by atomic mass is 10.0. The maximum absolute atomic E-state index is 13.6. The molecule has 0 fully saturated rings. The number of carbonyl (C=O) groups is 1. The molecule has 0 aliphatic heterocycles. The predicted octanol–water partition coefficient (Wildman–Crippen LogP) is 8.28. The topological polar surface area (TPSA) is 56.8 Å². The van der Waals surface area contributed by atoms with Gasteiger partial charge in [0.05, 0.1) is 7.11 Å². The quantitative estimate of drug-likeness (QED) is 0.115. The molecule has 0 aliphatic carbocycles. The van der Waals surface area contributed by atoms with Crippen molar-refractivity contribution >= 4 is 41.9 Å². The van der Waals surface area contributed by atoms with Crippen molar-refractivity contribution in [1.82, 2.24) is 0 Å². The molecule has 238 valence electrons. The van der Waals surface area contributed by atoms with Gasteiger partial charge in [-0.25, -0.2) is 0 Å². The third kappa shape index (κ3) is 7.29. The Bertz CT molecular complexity index is 1810. The number of para-hydroxylation sites is 1. The number of methoxy groups -OCH3 is 1. The Kier molecular flexibility index (Phi) is 10.5. The van der Waals surface area contributed by atoms with Crippen LogP contribution in [0.5, 0.6) is 11.5 Å². The summed E-state index contributed by atoms with van der Waals surface area (Å²) in [5.74, 6) is 3.34. The summed E-state index contributed by atoms with van der Waals surface area (Å²) in [6, 6.07) is 41.4. The lowest BCUT2D eigenvalue weighted by Crippen LogP contribution is -2.68. The Morgan fingerprint density at radius 1 is 0.830 bits per heavy atom. The first-order valence-corrected chi connectivity index (χ1v) is 17.7. The number of anilines is 1. The van der Waals surface area contributed by atoms with Crippen molar-refractivity contribution in [2.75, 3.05) is 19.0 Å². The molecule has 0 saturated carbocycles. The van der Waals surface area contributed by atoms with Crippen LogP contribution in [0.1, 0.15) is 32.4 Å². The molecule has 5 nitrogen and oxygen atoms in total. The Balaban J connectivity index is 1.52. The first kappa shape index (κ1) is 33.6. The molecular weight excluding hydrogens is 622 g/mol. The third-order valence-electron chi connectivity index (χ3n) is 8.08. The number of hydrogen-bond donors (Lipinski definition) is 1. The summed E-state index contributed by atoms with van der Waals surface area (Å²) in [6.45, 7) is 6.70. The predicted molar refractivity (Wildman–Crippen MR) is 194 cm³/mol. The van der Waals surface area contributed by atoms with Gasteiger partial charge in [0.15, 0.2) is 11.9 Å². The van der Waals surface area contributed by atoms with Crippen LogP contribution in [0.2, 0.25) is 10.1 Å². The SMILES string of the molecule is C#CCOC(C(=O)Nc1ccccc1-c1ccc(O[Si](c2ccccc2)(c2ccccc2)C(C)(C)C)c(OC)c1)c1ccc(Cl)cc1.